The van der Waals surface area contributed by atoms with E-state index in [9.17, 15) is 9.59 Å². The SMILES string of the molecule is CCN1CCN(C(=O)CC2CCN(C(=O)c3cn(-c4ccccc4)nc3-c3ccccc3)CC2)CC1. The summed E-state index contributed by atoms with van der Waals surface area (Å²) >= 11 is 0. The van der Waals surface area contributed by atoms with Crippen LogP contribution in [0.1, 0.15) is 36.5 Å². The van der Waals surface area contributed by atoms with Gasteiger partial charge in [-0.05, 0) is 37.4 Å². The molecule has 36 heavy (non-hydrogen) atoms. The zero-order chi connectivity index (χ0) is 24.9. The molecule has 2 fully saturated rings. The average Bonchev–Trinajstić information content (AvgIpc) is 3.40. The van der Waals surface area contributed by atoms with E-state index in [1.54, 1.807) is 4.68 Å². The van der Waals surface area contributed by atoms with Crippen molar-refractivity contribution in [2.75, 3.05) is 45.8 Å². The molecule has 0 radical (unpaired) electrons. The average molecular weight is 486 g/mol. The summed E-state index contributed by atoms with van der Waals surface area (Å²) in [7, 11) is 0. The highest BCUT2D eigenvalue weighted by Crippen LogP contribution is 2.28. The second kappa shape index (κ2) is 11.1. The van der Waals surface area contributed by atoms with Crippen LogP contribution in [0, 0.1) is 5.92 Å². The molecule has 0 N–H and O–H groups in total. The molecular weight excluding hydrogens is 450 g/mol. The van der Waals surface area contributed by atoms with Crippen molar-refractivity contribution in [3.63, 3.8) is 0 Å². The monoisotopic (exact) mass is 485 g/mol. The Kier molecular flexibility index (Phi) is 7.47. The minimum atomic E-state index is 0.0106. The zero-order valence-corrected chi connectivity index (χ0v) is 21.1. The van der Waals surface area contributed by atoms with Crippen molar-refractivity contribution in [3.8, 4) is 16.9 Å². The molecule has 0 saturated carbocycles. The van der Waals surface area contributed by atoms with Gasteiger partial charge in [0.1, 0.15) is 5.69 Å². The molecule has 188 valence electrons. The molecule has 0 aliphatic carbocycles. The maximum Gasteiger partial charge on any atom is 0.257 e. The van der Waals surface area contributed by atoms with Crippen molar-refractivity contribution < 1.29 is 9.59 Å². The van der Waals surface area contributed by atoms with Crippen LogP contribution in [0.15, 0.2) is 66.9 Å². The highest BCUT2D eigenvalue weighted by Gasteiger charge is 2.30. The molecule has 1 aromatic heterocycles. The van der Waals surface area contributed by atoms with Crippen LogP contribution in [-0.2, 0) is 4.79 Å². The first kappa shape index (κ1) is 24.3. The Labute approximate surface area is 213 Å². The van der Waals surface area contributed by atoms with E-state index in [4.69, 9.17) is 5.10 Å². The number of carbonyl (C=O) groups excluding carboxylic acids is 2. The number of likely N-dealkylation sites (tertiary alicyclic amines) is 1. The molecule has 2 aliphatic heterocycles. The van der Waals surface area contributed by atoms with E-state index in [1.807, 2.05) is 76.7 Å². The Bertz CT molecular complexity index is 1160. The number of likely N-dealkylation sites (N-methyl/N-ethyl adjacent to an activating group) is 1. The molecule has 2 saturated heterocycles. The topological polar surface area (TPSA) is 61.7 Å². The number of rotatable bonds is 6. The number of amides is 2. The molecule has 5 rings (SSSR count). The maximum absolute atomic E-state index is 13.7. The van der Waals surface area contributed by atoms with Crippen molar-refractivity contribution in [3.05, 3.63) is 72.4 Å². The molecule has 7 nitrogen and oxygen atoms in total. The van der Waals surface area contributed by atoms with E-state index in [-0.39, 0.29) is 11.8 Å². The van der Waals surface area contributed by atoms with Crippen molar-refractivity contribution in [1.82, 2.24) is 24.5 Å². The lowest BCUT2D eigenvalue weighted by Gasteiger charge is -2.36. The van der Waals surface area contributed by atoms with E-state index >= 15 is 0 Å². The summed E-state index contributed by atoms with van der Waals surface area (Å²) in [5.41, 5.74) is 3.17. The summed E-state index contributed by atoms with van der Waals surface area (Å²) in [6, 6.07) is 19.8. The fourth-order valence-corrected chi connectivity index (χ4v) is 5.25. The van der Waals surface area contributed by atoms with Gasteiger partial charge in [-0.25, -0.2) is 4.68 Å². The van der Waals surface area contributed by atoms with Crippen LogP contribution in [0.25, 0.3) is 16.9 Å². The largest absolute Gasteiger partial charge is 0.340 e. The zero-order valence-electron chi connectivity index (χ0n) is 21.1. The van der Waals surface area contributed by atoms with Crippen molar-refractivity contribution in [2.45, 2.75) is 26.2 Å². The van der Waals surface area contributed by atoms with Gasteiger partial charge in [0.15, 0.2) is 0 Å². The van der Waals surface area contributed by atoms with Crippen LogP contribution in [0.2, 0.25) is 0 Å². The van der Waals surface area contributed by atoms with Crippen molar-refractivity contribution >= 4 is 11.8 Å². The number of hydrogen-bond donors (Lipinski definition) is 0. The predicted molar refractivity (Wildman–Crippen MR) is 141 cm³/mol. The highest BCUT2D eigenvalue weighted by atomic mass is 16.2. The number of para-hydroxylation sites is 1. The molecule has 0 bridgehead atoms. The number of nitrogens with zero attached hydrogens (tertiary/aromatic N) is 5. The summed E-state index contributed by atoms with van der Waals surface area (Å²) in [6.45, 7) is 8.16. The Hall–Kier alpha value is -3.45. The third kappa shape index (κ3) is 5.36. The first-order valence-electron chi connectivity index (χ1n) is 13.1. The Morgan fingerprint density at radius 2 is 1.47 bits per heavy atom. The number of piperidine rings is 1. The van der Waals surface area contributed by atoms with Crippen LogP contribution in [0.4, 0.5) is 0 Å². The number of aromatic nitrogens is 2. The van der Waals surface area contributed by atoms with Gasteiger partial charge in [-0.15, -0.1) is 0 Å². The van der Waals surface area contributed by atoms with E-state index in [2.05, 4.69) is 11.8 Å². The minimum absolute atomic E-state index is 0.0106. The molecular formula is C29H35N5O2. The number of benzene rings is 2. The summed E-state index contributed by atoms with van der Waals surface area (Å²) in [4.78, 5) is 32.9. The standard InChI is InChI=1S/C29H35N5O2/c1-2-31-17-19-32(20-18-31)27(35)21-23-13-15-33(16-14-23)29(36)26-22-34(25-11-7-4-8-12-25)30-28(26)24-9-5-3-6-10-24/h3-12,22-23H,2,13-21H2,1H3. The van der Waals surface area contributed by atoms with Gasteiger partial charge in [0.25, 0.3) is 5.91 Å². The van der Waals surface area contributed by atoms with Gasteiger partial charge in [0, 0.05) is 57.4 Å². The molecule has 0 atom stereocenters. The summed E-state index contributed by atoms with van der Waals surface area (Å²) in [5, 5.41) is 4.80. The molecule has 2 aliphatic rings. The smallest absolute Gasteiger partial charge is 0.257 e. The molecule has 0 unspecified atom stereocenters. The van der Waals surface area contributed by atoms with Gasteiger partial charge in [-0.2, -0.15) is 5.10 Å². The van der Waals surface area contributed by atoms with Crippen molar-refractivity contribution in [2.24, 2.45) is 5.92 Å². The van der Waals surface area contributed by atoms with Gasteiger partial charge in [-0.3, -0.25) is 9.59 Å². The van der Waals surface area contributed by atoms with E-state index in [0.29, 0.717) is 36.7 Å². The van der Waals surface area contributed by atoms with E-state index in [1.165, 1.54) is 0 Å². The molecule has 2 aromatic carbocycles. The minimum Gasteiger partial charge on any atom is -0.340 e. The number of carbonyl (C=O) groups is 2. The Morgan fingerprint density at radius 1 is 0.833 bits per heavy atom. The summed E-state index contributed by atoms with van der Waals surface area (Å²) in [6.07, 6.45) is 4.17. The quantitative estimate of drug-likeness (QED) is 0.531. The lowest BCUT2D eigenvalue weighted by molar-refractivity contribution is -0.134. The van der Waals surface area contributed by atoms with Crippen LogP contribution in [0.3, 0.4) is 0 Å². The van der Waals surface area contributed by atoms with E-state index < -0.39 is 0 Å². The summed E-state index contributed by atoms with van der Waals surface area (Å²) < 4.78 is 1.79. The molecule has 2 amide bonds. The third-order valence-electron chi connectivity index (χ3n) is 7.55. The lowest BCUT2D eigenvalue weighted by Crippen LogP contribution is -2.49. The fraction of sp³-hybridized carbons (Fsp3) is 0.414. The van der Waals surface area contributed by atoms with Gasteiger partial charge in [0.2, 0.25) is 5.91 Å². The second-order valence-electron chi connectivity index (χ2n) is 9.79. The predicted octanol–water partition coefficient (Wildman–Crippen LogP) is 3.95. The highest BCUT2D eigenvalue weighted by molar-refractivity contribution is 6.00. The van der Waals surface area contributed by atoms with Crippen LogP contribution >= 0.6 is 0 Å². The normalized spacial score (nSPS) is 17.4. The van der Waals surface area contributed by atoms with Crippen molar-refractivity contribution in [1.29, 1.82) is 0 Å². The third-order valence-corrected chi connectivity index (χ3v) is 7.55. The Balaban J connectivity index is 1.25. The lowest BCUT2D eigenvalue weighted by atomic mass is 9.92. The van der Waals surface area contributed by atoms with Gasteiger partial charge in [0.05, 0.1) is 11.3 Å². The Morgan fingerprint density at radius 3 is 2.11 bits per heavy atom. The fourth-order valence-electron chi connectivity index (χ4n) is 5.25. The van der Waals surface area contributed by atoms with Crippen LogP contribution in [0.5, 0.6) is 0 Å². The first-order chi connectivity index (χ1) is 17.6. The summed E-state index contributed by atoms with van der Waals surface area (Å²) in [5.74, 6) is 0.619. The molecule has 0 spiro atoms. The van der Waals surface area contributed by atoms with Crippen LogP contribution < -0.4 is 0 Å². The maximum atomic E-state index is 13.7. The molecule has 3 heterocycles. The van der Waals surface area contributed by atoms with Crippen LogP contribution in [-0.4, -0.2) is 82.1 Å². The molecule has 3 aromatic rings. The second-order valence-corrected chi connectivity index (χ2v) is 9.79. The van der Waals surface area contributed by atoms with Gasteiger partial charge < -0.3 is 14.7 Å². The number of hydrogen-bond acceptors (Lipinski definition) is 4. The van der Waals surface area contributed by atoms with E-state index in [0.717, 1.165) is 56.8 Å². The van der Waals surface area contributed by atoms with Gasteiger partial charge in [-0.1, -0.05) is 55.5 Å². The molecule has 7 heteroatoms. The first-order valence-corrected chi connectivity index (χ1v) is 13.1. The number of piperazine rings is 1. The van der Waals surface area contributed by atoms with Gasteiger partial charge >= 0.3 is 0 Å².